The van der Waals surface area contributed by atoms with Gasteiger partial charge in [-0.1, -0.05) is 48.0 Å². The standard InChI is InChI=1S/C27H27FN4O/c1-19-24(26(33)32-18-14-29-27(32)30-19)13-17-31-15-11-22(12-16-31)25(20-5-3-2-4-6-20)21-7-9-23(28)10-8-21/h2-10,14,18H,11-13,15-17H2,1H3,(H,29,30). The number of imidazole rings is 1. The van der Waals surface area contributed by atoms with Gasteiger partial charge >= 0.3 is 0 Å². The summed E-state index contributed by atoms with van der Waals surface area (Å²) in [5, 5.41) is 0. The second-order valence-corrected chi connectivity index (χ2v) is 8.60. The number of aryl methyl sites for hydroxylation is 1. The molecule has 1 aliphatic heterocycles. The highest BCUT2D eigenvalue weighted by molar-refractivity contribution is 5.82. The van der Waals surface area contributed by atoms with E-state index in [1.165, 1.54) is 28.8 Å². The van der Waals surface area contributed by atoms with Crippen molar-refractivity contribution in [2.24, 2.45) is 0 Å². The van der Waals surface area contributed by atoms with Gasteiger partial charge in [0.15, 0.2) is 0 Å². The molecule has 3 heterocycles. The van der Waals surface area contributed by atoms with Crippen molar-refractivity contribution in [3.8, 4) is 0 Å². The van der Waals surface area contributed by atoms with Gasteiger partial charge in [0.1, 0.15) is 5.82 Å². The van der Waals surface area contributed by atoms with E-state index in [9.17, 15) is 9.18 Å². The van der Waals surface area contributed by atoms with Gasteiger partial charge in [0.25, 0.3) is 5.56 Å². The average Bonchev–Trinajstić information content (AvgIpc) is 3.31. The molecule has 5 rings (SSSR count). The normalized spacial score (nSPS) is 14.7. The van der Waals surface area contributed by atoms with Crippen LogP contribution in [0.3, 0.4) is 0 Å². The summed E-state index contributed by atoms with van der Waals surface area (Å²) >= 11 is 0. The molecule has 1 N–H and O–H groups in total. The molecule has 5 nitrogen and oxygen atoms in total. The number of likely N-dealkylation sites (tertiary alicyclic amines) is 1. The molecule has 0 aliphatic carbocycles. The number of rotatable bonds is 5. The Bertz CT molecular complexity index is 1340. The molecule has 2 aromatic heterocycles. The van der Waals surface area contributed by atoms with Crippen LogP contribution < -0.4 is 5.56 Å². The number of hydrogen-bond donors (Lipinski definition) is 1. The Morgan fingerprint density at radius 1 is 1.03 bits per heavy atom. The number of benzene rings is 2. The van der Waals surface area contributed by atoms with Gasteiger partial charge in [-0.25, -0.2) is 9.37 Å². The van der Waals surface area contributed by atoms with Crippen LogP contribution in [0.15, 0.2) is 77.4 Å². The lowest BCUT2D eigenvalue weighted by Crippen LogP contribution is -2.34. The maximum atomic E-state index is 13.5. The van der Waals surface area contributed by atoms with Crippen molar-refractivity contribution in [2.75, 3.05) is 19.6 Å². The summed E-state index contributed by atoms with van der Waals surface area (Å²) in [6, 6.07) is 17.2. The van der Waals surface area contributed by atoms with Crippen molar-refractivity contribution in [3.63, 3.8) is 0 Å². The zero-order valence-electron chi connectivity index (χ0n) is 18.7. The fourth-order valence-corrected chi connectivity index (χ4v) is 4.77. The molecule has 2 aromatic carbocycles. The van der Waals surface area contributed by atoms with E-state index in [4.69, 9.17) is 0 Å². The van der Waals surface area contributed by atoms with E-state index in [-0.39, 0.29) is 11.4 Å². The molecule has 0 bridgehead atoms. The fourth-order valence-electron chi connectivity index (χ4n) is 4.77. The zero-order chi connectivity index (χ0) is 22.8. The van der Waals surface area contributed by atoms with Crippen LogP contribution in [-0.2, 0) is 6.42 Å². The van der Waals surface area contributed by atoms with Gasteiger partial charge in [0.05, 0.1) is 0 Å². The maximum Gasteiger partial charge on any atom is 0.262 e. The van der Waals surface area contributed by atoms with E-state index < -0.39 is 0 Å². The summed E-state index contributed by atoms with van der Waals surface area (Å²) < 4.78 is 15.1. The first kappa shape index (κ1) is 21.3. The molecule has 168 valence electrons. The molecule has 6 heteroatoms. The minimum atomic E-state index is -0.217. The third-order valence-electron chi connectivity index (χ3n) is 6.56. The van der Waals surface area contributed by atoms with E-state index in [2.05, 4.69) is 27.0 Å². The summed E-state index contributed by atoms with van der Waals surface area (Å²) in [5.74, 6) is 0.369. The maximum absolute atomic E-state index is 13.5. The predicted molar refractivity (Wildman–Crippen MR) is 129 cm³/mol. The number of fused-ring (bicyclic) bond motifs is 1. The lowest BCUT2D eigenvalue weighted by Gasteiger charge is -2.30. The van der Waals surface area contributed by atoms with Gasteiger partial charge in [-0.3, -0.25) is 9.20 Å². The van der Waals surface area contributed by atoms with Crippen LogP contribution in [0, 0.1) is 12.7 Å². The molecule has 4 aromatic rings. The summed E-state index contributed by atoms with van der Waals surface area (Å²) in [6.45, 7) is 4.67. The summed E-state index contributed by atoms with van der Waals surface area (Å²) in [6.07, 6.45) is 5.96. The first-order chi connectivity index (χ1) is 16.1. The average molecular weight is 443 g/mol. The van der Waals surface area contributed by atoms with Crippen molar-refractivity contribution in [1.29, 1.82) is 0 Å². The lowest BCUT2D eigenvalue weighted by molar-refractivity contribution is 0.259. The van der Waals surface area contributed by atoms with Gasteiger partial charge in [-0.05, 0) is 55.0 Å². The summed E-state index contributed by atoms with van der Waals surface area (Å²) in [7, 11) is 0. The topological polar surface area (TPSA) is 53.4 Å². The Morgan fingerprint density at radius 3 is 2.45 bits per heavy atom. The third-order valence-corrected chi connectivity index (χ3v) is 6.56. The zero-order valence-corrected chi connectivity index (χ0v) is 18.7. The highest BCUT2D eigenvalue weighted by Crippen LogP contribution is 2.32. The number of H-pyrrole nitrogens is 1. The summed E-state index contributed by atoms with van der Waals surface area (Å²) in [4.78, 5) is 22.6. The molecule has 0 saturated carbocycles. The number of aromatic nitrogens is 3. The Hall–Kier alpha value is -3.51. The minimum absolute atomic E-state index is 0.0130. The van der Waals surface area contributed by atoms with Crippen LogP contribution in [0.1, 0.15) is 35.2 Å². The van der Waals surface area contributed by atoms with Crippen molar-refractivity contribution in [2.45, 2.75) is 26.2 Å². The summed E-state index contributed by atoms with van der Waals surface area (Å²) in [5.41, 5.74) is 6.56. The van der Waals surface area contributed by atoms with E-state index >= 15 is 0 Å². The number of hydrogen-bond acceptors (Lipinski definition) is 3. The Kier molecular flexibility index (Phi) is 5.92. The van der Waals surface area contributed by atoms with Crippen LogP contribution in [0.2, 0.25) is 0 Å². The molecule has 0 atom stereocenters. The van der Waals surface area contributed by atoms with E-state index in [1.807, 2.05) is 37.3 Å². The van der Waals surface area contributed by atoms with Crippen molar-refractivity contribution in [3.05, 3.63) is 111 Å². The second kappa shape index (κ2) is 9.16. The number of nitrogens with zero attached hydrogens (tertiary/aromatic N) is 3. The van der Waals surface area contributed by atoms with Gasteiger partial charge < -0.3 is 9.88 Å². The Balaban J connectivity index is 1.34. The van der Waals surface area contributed by atoms with Gasteiger partial charge in [0, 0.05) is 43.3 Å². The van der Waals surface area contributed by atoms with Crippen molar-refractivity contribution >= 4 is 11.4 Å². The van der Waals surface area contributed by atoms with Gasteiger partial charge in [-0.2, -0.15) is 0 Å². The smallest absolute Gasteiger partial charge is 0.262 e. The SMILES string of the molecule is Cc1[nH]c2nccn2c(=O)c1CCN1CCC(=C(c2ccccc2)c2ccc(F)cc2)CC1. The van der Waals surface area contributed by atoms with E-state index in [0.717, 1.165) is 49.3 Å². The Morgan fingerprint density at radius 2 is 1.73 bits per heavy atom. The predicted octanol–water partition coefficient (Wildman–Crippen LogP) is 4.61. The van der Waals surface area contributed by atoms with Gasteiger partial charge in [0.2, 0.25) is 5.78 Å². The van der Waals surface area contributed by atoms with Crippen LogP contribution >= 0.6 is 0 Å². The van der Waals surface area contributed by atoms with Crippen LogP contribution in [0.5, 0.6) is 0 Å². The largest absolute Gasteiger partial charge is 0.329 e. The monoisotopic (exact) mass is 442 g/mol. The van der Waals surface area contributed by atoms with Crippen molar-refractivity contribution in [1.82, 2.24) is 19.3 Å². The lowest BCUT2D eigenvalue weighted by atomic mass is 9.88. The molecule has 1 fully saturated rings. The number of halogens is 1. The molecule has 0 radical (unpaired) electrons. The third kappa shape index (κ3) is 4.39. The minimum Gasteiger partial charge on any atom is -0.329 e. The van der Waals surface area contributed by atoms with Crippen LogP contribution in [-0.4, -0.2) is 38.9 Å². The molecule has 33 heavy (non-hydrogen) atoms. The molecule has 0 amide bonds. The molecular weight excluding hydrogens is 415 g/mol. The quantitative estimate of drug-likeness (QED) is 0.491. The first-order valence-electron chi connectivity index (χ1n) is 11.4. The van der Waals surface area contributed by atoms with E-state index in [1.54, 1.807) is 16.8 Å². The van der Waals surface area contributed by atoms with Crippen LogP contribution in [0.4, 0.5) is 4.39 Å². The fraction of sp³-hybridized carbons (Fsp3) is 0.259. The number of aromatic amines is 1. The van der Waals surface area contributed by atoms with Crippen LogP contribution in [0.25, 0.3) is 11.4 Å². The second-order valence-electron chi connectivity index (χ2n) is 8.60. The van der Waals surface area contributed by atoms with Crippen molar-refractivity contribution < 1.29 is 4.39 Å². The Labute approximate surface area is 192 Å². The molecule has 0 spiro atoms. The number of piperidine rings is 1. The molecular formula is C27H27FN4O. The molecule has 1 aliphatic rings. The first-order valence-corrected chi connectivity index (χ1v) is 11.4. The highest BCUT2D eigenvalue weighted by atomic mass is 19.1. The molecule has 1 saturated heterocycles. The molecule has 0 unspecified atom stereocenters. The van der Waals surface area contributed by atoms with E-state index in [0.29, 0.717) is 12.2 Å². The number of nitrogens with one attached hydrogen (secondary N) is 1. The highest BCUT2D eigenvalue weighted by Gasteiger charge is 2.20. The van der Waals surface area contributed by atoms with Gasteiger partial charge in [-0.15, -0.1) is 0 Å².